The van der Waals surface area contributed by atoms with Crippen molar-refractivity contribution in [1.29, 1.82) is 0 Å². The topological polar surface area (TPSA) is 126 Å². The number of unbranched alkanes of at least 4 members (excludes halogenated alkanes) is 3. The Labute approximate surface area is 214 Å². The maximum absolute atomic E-state index is 12.8. The molecule has 1 fully saturated rings. The average molecular weight is 506 g/mol. The Morgan fingerprint density at radius 3 is 2.33 bits per heavy atom. The largest absolute Gasteiger partial charge is 0.461 e. The van der Waals surface area contributed by atoms with Gasteiger partial charge in [0.2, 0.25) is 11.8 Å². The maximum Gasteiger partial charge on any atom is 0.325 e. The van der Waals surface area contributed by atoms with Crippen LogP contribution >= 0.6 is 0 Å². The van der Waals surface area contributed by atoms with Gasteiger partial charge in [-0.2, -0.15) is 0 Å². The van der Waals surface area contributed by atoms with Crippen LogP contribution in [-0.4, -0.2) is 47.3 Å². The molecule has 0 aliphatic heterocycles. The molecule has 1 atom stereocenters. The zero-order chi connectivity index (χ0) is 26.4. The molecule has 0 radical (unpaired) electrons. The van der Waals surface area contributed by atoms with Crippen molar-refractivity contribution in [3.8, 4) is 0 Å². The molecule has 1 aliphatic rings. The van der Waals surface area contributed by atoms with Crippen LogP contribution in [0.2, 0.25) is 0 Å². The number of carbonyl (C=O) groups excluding carboxylic acids is 3. The lowest BCUT2D eigenvalue weighted by atomic mass is 10.1. The summed E-state index contributed by atoms with van der Waals surface area (Å²) in [6.07, 6.45) is 7.77. The molecule has 0 bridgehead atoms. The minimum atomic E-state index is -0.577. The van der Waals surface area contributed by atoms with Crippen LogP contribution in [0.4, 0.5) is 5.69 Å². The summed E-state index contributed by atoms with van der Waals surface area (Å²) in [5.74, 6) is -0.738. The number of benzene rings is 1. The zero-order valence-corrected chi connectivity index (χ0v) is 21.9. The van der Waals surface area contributed by atoms with Gasteiger partial charge in [-0.15, -0.1) is 0 Å². The molecule has 1 saturated carbocycles. The van der Waals surface area contributed by atoms with Crippen molar-refractivity contribution >= 4 is 23.5 Å². The third-order valence-electron chi connectivity index (χ3n) is 6.00. The summed E-state index contributed by atoms with van der Waals surface area (Å²) in [6.45, 7) is 6.51. The number of anilines is 1. The van der Waals surface area contributed by atoms with E-state index >= 15 is 0 Å². The Morgan fingerprint density at radius 2 is 1.69 bits per heavy atom. The minimum Gasteiger partial charge on any atom is -0.461 e. The van der Waals surface area contributed by atoms with Gasteiger partial charge in [-0.1, -0.05) is 25.0 Å². The van der Waals surface area contributed by atoms with E-state index in [9.17, 15) is 14.4 Å². The van der Waals surface area contributed by atoms with Crippen molar-refractivity contribution in [2.45, 2.75) is 109 Å². The lowest BCUT2D eigenvalue weighted by molar-refractivity contribution is -0.154. The van der Waals surface area contributed by atoms with Crippen LogP contribution in [0.1, 0.15) is 90.5 Å². The average Bonchev–Trinajstić information content (AvgIpc) is 3.33. The van der Waals surface area contributed by atoms with Crippen LogP contribution in [0.15, 0.2) is 24.3 Å². The first-order valence-corrected chi connectivity index (χ1v) is 13.1. The van der Waals surface area contributed by atoms with Gasteiger partial charge in [0.1, 0.15) is 12.1 Å². The Bertz CT molecular complexity index is 833. The lowest BCUT2D eigenvalue weighted by Gasteiger charge is -2.25. The molecule has 0 spiro atoms. The van der Waals surface area contributed by atoms with E-state index in [1.807, 2.05) is 45.0 Å². The summed E-state index contributed by atoms with van der Waals surface area (Å²) in [5.41, 5.74) is 2.89. The number of hydrogen-bond donors (Lipinski definition) is 4. The van der Waals surface area contributed by atoms with Gasteiger partial charge in [-0.3, -0.25) is 24.9 Å². The molecule has 2 amide bonds. The van der Waals surface area contributed by atoms with Crippen LogP contribution in [-0.2, 0) is 30.4 Å². The molecule has 2 rings (SSSR count). The zero-order valence-electron chi connectivity index (χ0n) is 21.9. The number of rotatable bonds is 15. The van der Waals surface area contributed by atoms with Gasteiger partial charge in [0.05, 0.1) is 12.2 Å². The van der Waals surface area contributed by atoms with Crippen molar-refractivity contribution in [3.05, 3.63) is 29.8 Å². The Morgan fingerprint density at radius 1 is 1.03 bits per heavy atom. The molecule has 0 saturated heterocycles. The summed E-state index contributed by atoms with van der Waals surface area (Å²) >= 11 is 0. The van der Waals surface area contributed by atoms with E-state index in [0.717, 1.165) is 50.5 Å². The number of esters is 1. The van der Waals surface area contributed by atoms with E-state index in [-0.39, 0.29) is 42.5 Å². The first-order chi connectivity index (χ1) is 17.2. The minimum absolute atomic E-state index is 0.00461. The first-order valence-electron chi connectivity index (χ1n) is 13.1. The molecule has 1 aliphatic carbocycles. The van der Waals surface area contributed by atoms with Gasteiger partial charge in [0, 0.05) is 25.1 Å². The molecule has 0 unspecified atom stereocenters. The van der Waals surface area contributed by atoms with Gasteiger partial charge < -0.3 is 14.8 Å². The second-order valence-electron chi connectivity index (χ2n) is 10.4. The van der Waals surface area contributed by atoms with E-state index in [0.29, 0.717) is 25.1 Å². The molecule has 1 aromatic carbocycles. The predicted octanol–water partition coefficient (Wildman–Crippen LogP) is 4.23. The number of hydrogen-bond acceptors (Lipinski definition) is 7. The highest BCUT2D eigenvalue weighted by molar-refractivity contribution is 5.90. The SMILES string of the molecule is CC(C)(C)OC[C@H](NCc1cccc(NC(=O)CCCCCCC(=O)NO)c1)C(=O)OC1CCCC1. The highest BCUT2D eigenvalue weighted by Gasteiger charge is 2.27. The van der Waals surface area contributed by atoms with Crippen LogP contribution in [0, 0.1) is 0 Å². The van der Waals surface area contributed by atoms with E-state index in [2.05, 4.69) is 10.6 Å². The fourth-order valence-electron chi connectivity index (χ4n) is 4.00. The van der Waals surface area contributed by atoms with Crippen molar-refractivity contribution in [1.82, 2.24) is 10.8 Å². The molecule has 0 aromatic heterocycles. The smallest absolute Gasteiger partial charge is 0.325 e. The summed E-state index contributed by atoms with van der Waals surface area (Å²) in [4.78, 5) is 36.1. The van der Waals surface area contributed by atoms with Gasteiger partial charge >= 0.3 is 5.97 Å². The van der Waals surface area contributed by atoms with Crippen molar-refractivity contribution in [3.63, 3.8) is 0 Å². The summed E-state index contributed by atoms with van der Waals surface area (Å²) in [7, 11) is 0. The Hall–Kier alpha value is -2.49. The van der Waals surface area contributed by atoms with Crippen molar-refractivity contribution in [2.75, 3.05) is 11.9 Å². The maximum atomic E-state index is 12.8. The van der Waals surface area contributed by atoms with Crippen LogP contribution < -0.4 is 16.1 Å². The molecule has 36 heavy (non-hydrogen) atoms. The molecule has 1 aromatic rings. The molecule has 9 heteroatoms. The summed E-state index contributed by atoms with van der Waals surface area (Å²) < 4.78 is 11.6. The monoisotopic (exact) mass is 505 g/mol. The van der Waals surface area contributed by atoms with Crippen LogP contribution in [0.25, 0.3) is 0 Å². The van der Waals surface area contributed by atoms with Gasteiger partial charge in [0.15, 0.2) is 0 Å². The van der Waals surface area contributed by atoms with E-state index in [1.165, 1.54) is 0 Å². The predicted molar refractivity (Wildman–Crippen MR) is 137 cm³/mol. The van der Waals surface area contributed by atoms with E-state index < -0.39 is 6.04 Å². The quantitative estimate of drug-likeness (QED) is 0.122. The summed E-state index contributed by atoms with van der Waals surface area (Å²) in [5, 5.41) is 14.7. The van der Waals surface area contributed by atoms with Gasteiger partial charge in [-0.05, 0) is 77.0 Å². The fourth-order valence-corrected chi connectivity index (χ4v) is 4.00. The third kappa shape index (κ3) is 12.5. The van der Waals surface area contributed by atoms with Crippen LogP contribution in [0.5, 0.6) is 0 Å². The number of ether oxygens (including phenoxy) is 2. The standard InChI is InChI=1S/C27H43N3O6/c1-27(2,3)35-19-23(26(33)36-22-13-8-9-14-22)28-18-20-11-10-12-21(17-20)29-24(31)15-6-4-5-7-16-25(32)30-34/h10-12,17,22-23,28,34H,4-9,13-16,18-19H2,1-3H3,(H,29,31)(H,30,32)/t23-/m0/s1. The highest BCUT2D eigenvalue weighted by Crippen LogP contribution is 2.22. The molecule has 0 heterocycles. The first kappa shape index (κ1) is 29.7. The Balaban J connectivity index is 1.81. The molecular weight excluding hydrogens is 462 g/mol. The van der Waals surface area contributed by atoms with Crippen LogP contribution in [0.3, 0.4) is 0 Å². The second kappa shape index (κ2) is 15.6. The molecule has 202 valence electrons. The third-order valence-corrected chi connectivity index (χ3v) is 6.00. The number of hydroxylamine groups is 1. The molecule has 4 N–H and O–H groups in total. The van der Waals surface area contributed by atoms with Crippen molar-refractivity contribution < 1.29 is 29.1 Å². The Kier molecular flexibility index (Phi) is 12.9. The van der Waals surface area contributed by atoms with E-state index in [1.54, 1.807) is 5.48 Å². The van der Waals surface area contributed by atoms with Crippen molar-refractivity contribution in [2.24, 2.45) is 0 Å². The van der Waals surface area contributed by atoms with E-state index in [4.69, 9.17) is 14.7 Å². The number of carbonyl (C=O) groups is 3. The fraction of sp³-hybridized carbons (Fsp3) is 0.667. The van der Waals surface area contributed by atoms with Gasteiger partial charge in [0.25, 0.3) is 0 Å². The number of nitrogens with one attached hydrogen (secondary N) is 3. The normalized spacial score (nSPS) is 14.9. The molecular formula is C27H43N3O6. The number of amides is 2. The second-order valence-corrected chi connectivity index (χ2v) is 10.4. The molecule has 9 nitrogen and oxygen atoms in total. The highest BCUT2D eigenvalue weighted by atomic mass is 16.6. The lowest BCUT2D eigenvalue weighted by Crippen LogP contribution is -2.44. The summed E-state index contributed by atoms with van der Waals surface area (Å²) in [6, 6.07) is 6.96. The van der Waals surface area contributed by atoms with Gasteiger partial charge in [-0.25, -0.2) is 5.48 Å².